The molecular weight excluding hydrogens is 220 g/mol. The smallest absolute Gasteiger partial charge is 0.0521 e. The average Bonchev–Trinajstić information content (AvgIpc) is 2.89. The lowest BCUT2D eigenvalue weighted by Crippen LogP contribution is -2.11. The van der Waals surface area contributed by atoms with Crippen LogP contribution in [0.1, 0.15) is 44.1 Å². The maximum absolute atomic E-state index is 6.44. The maximum Gasteiger partial charge on any atom is 0.0521 e. The van der Waals surface area contributed by atoms with E-state index in [-0.39, 0.29) is 0 Å². The van der Waals surface area contributed by atoms with Gasteiger partial charge in [-0.2, -0.15) is 5.10 Å². The van der Waals surface area contributed by atoms with E-state index in [9.17, 15) is 0 Å². The Labute approximate surface area is 103 Å². The zero-order valence-electron chi connectivity index (χ0n) is 10.0. The fourth-order valence-corrected chi connectivity index (χ4v) is 3.06. The molecule has 1 fully saturated rings. The SMILES string of the molecule is Cn1cc(CCCC(Cl)C2CCCC2)cn1. The summed E-state index contributed by atoms with van der Waals surface area (Å²) in [5.74, 6) is 0.788. The van der Waals surface area contributed by atoms with Crippen molar-refractivity contribution < 1.29 is 0 Å². The Morgan fingerprint density at radius 3 is 2.88 bits per heavy atom. The zero-order chi connectivity index (χ0) is 11.4. The van der Waals surface area contributed by atoms with E-state index in [1.165, 1.54) is 37.7 Å². The van der Waals surface area contributed by atoms with Gasteiger partial charge < -0.3 is 0 Å². The van der Waals surface area contributed by atoms with E-state index in [0.717, 1.165) is 18.8 Å². The predicted molar refractivity (Wildman–Crippen MR) is 67.7 cm³/mol. The molecule has 0 aliphatic heterocycles. The van der Waals surface area contributed by atoms with Crippen LogP contribution in [0.3, 0.4) is 0 Å². The van der Waals surface area contributed by atoms with Crippen molar-refractivity contribution in [2.24, 2.45) is 13.0 Å². The highest BCUT2D eigenvalue weighted by molar-refractivity contribution is 6.20. The monoisotopic (exact) mass is 240 g/mol. The number of halogens is 1. The number of aryl methyl sites for hydroxylation is 2. The minimum Gasteiger partial charge on any atom is -0.276 e. The molecule has 0 radical (unpaired) electrons. The summed E-state index contributed by atoms with van der Waals surface area (Å²) >= 11 is 6.44. The first kappa shape index (κ1) is 12.0. The minimum atomic E-state index is 0.402. The van der Waals surface area contributed by atoms with Gasteiger partial charge in [-0.25, -0.2) is 0 Å². The van der Waals surface area contributed by atoms with Gasteiger partial charge in [-0.1, -0.05) is 12.8 Å². The number of alkyl halides is 1. The van der Waals surface area contributed by atoms with E-state index < -0.39 is 0 Å². The Morgan fingerprint density at radius 2 is 2.25 bits per heavy atom. The molecule has 1 atom stereocenters. The third-order valence-corrected chi connectivity index (χ3v) is 4.19. The molecule has 1 unspecified atom stereocenters. The lowest BCUT2D eigenvalue weighted by molar-refractivity contribution is 0.482. The first-order chi connectivity index (χ1) is 7.75. The van der Waals surface area contributed by atoms with Crippen LogP contribution in [-0.2, 0) is 13.5 Å². The number of aromatic nitrogens is 2. The highest BCUT2D eigenvalue weighted by Crippen LogP contribution is 2.32. The van der Waals surface area contributed by atoms with Gasteiger partial charge in [0.05, 0.1) is 6.20 Å². The molecule has 0 spiro atoms. The molecule has 2 rings (SSSR count). The highest BCUT2D eigenvalue weighted by atomic mass is 35.5. The summed E-state index contributed by atoms with van der Waals surface area (Å²) in [5, 5.41) is 4.58. The lowest BCUT2D eigenvalue weighted by Gasteiger charge is -2.15. The van der Waals surface area contributed by atoms with Crippen LogP contribution in [0.25, 0.3) is 0 Å². The van der Waals surface area contributed by atoms with Gasteiger partial charge in [0.15, 0.2) is 0 Å². The van der Waals surface area contributed by atoms with Crippen LogP contribution >= 0.6 is 11.6 Å². The van der Waals surface area contributed by atoms with Crippen LogP contribution in [0.5, 0.6) is 0 Å². The van der Waals surface area contributed by atoms with Crippen molar-refractivity contribution in [1.29, 1.82) is 0 Å². The highest BCUT2D eigenvalue weighted by Gasteiger charge is 2.22. The molecule has 1 aliphatic rings. The largest absolute Gasteiger partial charge is 0.276 e. The molecule has 1 aromatic heterocycles. The summed E-state index contributed by atoms with van der Waals surface area (Å²) < 4.78 is 1.87. The van der Waals surface area contributed by atoms with E-state index >= 15 is 0 Å². The molecule has 0 amide bonds. The first-order valence-electron chi connectivity index (χ1n) is 6.37. The molecule has 2 nitrogen and oxygen atoms in total. The molecule has 0 saturated heterocycles. The predicted octanol–water partition coefficient (Wildman–Crippen LogP) is 3.54. The van der Waals surface area contributed by atoms with Gasteiger partial charge in [0.25, 0.3) is 0 Å². The van der Waals surface area contributed by atoms with E-state index in [2.05, 4.69) is 11.3 Å². The van der Waals surface area contributed by atoms with Crippen LogP contribution in [0.2, 0.25) is 0 Å². The van der Waals surface area contributed by atoms with E-state index in [4.69, 9.17) is 11.6 Å². The van der Waals surface area contributed by atoms with Crippen molar-refractivity contribution in [2.45, 2.75) is 50.3 Å². The molecule has 1 aromatic rings. The van der Waals surface area contributed by atoms with Crippen LogP contribution in [0.4, 0.5) is 0 Å². The van der Waals surface area contributed by atoms with Gasteiger partial charge in [-0.05, 0) is 43.6 Å². The third kappa shape index (κ3) is 3.24. The first-order valence-corrected chi connectivity index (χ1v) is 6.81. The Balaban J connectivity index is 1.67. The molecule has 0 aromatic carbocycles. The molecule has 0 N–H and O–H groups in total. The molecule has 1 aliphatic carbocycles. The molecular formula is C13H21ClN2. The second kappa shape index (κ2) is 5.72. The number of hydrogen-bond acceptors (Lipinski definition) is 1. The summed E-state index contributed by atoms with van der Waals surface area (Å²) in [6, 6.07) is 0. The standard InChI is InChI=1S/C13H21ClN2/c1-16-10-11(9-15-16)5-4-8-13(14)12-6-2-3-7-12/h9-10,12-13H,2-8H2,1H3. The lowest BCUT2D eigenvalue weighted by atomic mass is 9.98. The van der Waals surface area contributed by atoms with Crippen molar-refractivity contribution in [1.82, 2.24) is 9.78 Å². The summed E-state index contributed by atoms with van der Waals surface area (Å²) in [4.78, 5) is 0. The zero-order valence-corrected chi connectivity index (χ0v) is 10.8. The van der Waals surface area contributed by atoms with Gasteiger partial charge in [0.1, 0.15) is 0 Å². The summed E-state index contributed by atoms with van der Waals surface area (Å²) in [6.45, 7) is 0. The summed E-state index contributed by atoms with van der Waals surface area (Å²) in [5.41, 5.74) is 1.33. The second-order valence-corrected chi connectivity index (χ2v) is 5.54. The van der Waals surface area contributed by atoms with Crippen LogP contribution in [0, 0.1) is 5.92 Å². The minimum absolute atomic E-state index is 0.402. The fourth-order valence-electron chi connectivity index (χ4n) is 2.66. The molecule has 1 saturated carbocycles. The fraction of sp³-hybridized carbons (Fsp3) is 0.769. The topological polar surface area (TPSA) is 17.8 Å². The van der Waals surface area contributed by atoms with Crippen LogP contribution in [0.15, 0.2) is 12.4 Å². The van der Waals surface area contributed by atoms with E-state index in [1.807, 2.05) is 17.9 Å². The van der Waals surface area contributed by atoms with Gasteiger partial charge in [0, 0.05) is 18.6 Å². The number of nitrogens with zero attached hydrogens (tertiary/aromatic N) is 2. The van der Waals surface area contributed by atoms with Crippen molar-refractivity contribution in [3.05, 3.63) is 18.0 Å². The number of hydrogen-bond donors (Lipinski definition) is 0. The quantitative estimate of drug-likeness (QED) is 0.720. The van der Waals surface area contributed by atoms with Crippen molar-refractivity contribution in [3.8, 4) is 0 Å². The maximum atomic E-state index is 6.44. The molecule has 90 valence electrons. The Morgan fingerprint density at radius 1 is 1.50 bits per heavy atom. The van der Waals surface area contributed by atoms with Gasteiger partial charge in [0.2, 0.25) is 0 Å². The molecule has 1 heterocycles. The van der Waals surface area contributed by atoms with Crippen LogP contribution < -0.4 is 0 Å². The average molecular weight is 241 g/mol. The molecule has 0 bridgehead atoms. The van der Waals surface area contributed by atoms with Crippen LogP contribution in [-0.4, -0.2) is 15.2 Å². The normalized spacial score (nSPS) is 19.1. The summed E-state index contributed by atoms with van der Waals surface area (Å²) in [7, 11) is 1.96. The van der Waals surface area contributed by atoms with E-state index in [1.54, 1.807) is 0 Å². The van der Waals surface area contributed by atoms with Crippen molar-refractivity contribution in [3.63, 3.8) is 0 Å². The van der Waals surface area contributed by atoms with E-state index in [0.29, 0.717) is 5.38 Å². The van der Waals surface area contributed by atoms with Gasteiger partial charge >= 0.3 is 0 Å². The molecule has 16 heavy (non-hydrogen) atoms. The summed E-state index contributed by atoms with van der Waals surface area (Å²) in [6.07, 6.45) is 13.0. The number of rotatable bonds is 5. The van der Waals surface area contributed by atoms with Gasteiger partial charge in [-0.3, -0.25) is 4.68 Å². The third-order valence-electron chi connectivity index (χ3n) is 3.62. The Hall–Kier alpha value is -0.500. The molecule has 3 heteroatoms. The second-order valence-electron chi connectivity index (χ2n) is 4.98. The van der Waals surface area contributed by atoms with Crippen molar-refractivity contribution in [2.75, 3.05) is 0 Å². The van der Waals surface area contributed by atoms with Gasteiger partial charge in [-0.15, -0.1) is 11.6 Å². The Kier molecular flexibility index (Phi) is 4.28. The van der Waals surface area contributed by atoms with Crippen molar-refractivity contribution >= 4 is 11.6 Å². The Bertz CT molecular complexity index is 315.